The first kappa shape index (κ1) is 16.8. The van der Waals surface area contributed by atoms with Gasteiger partial charge in [0.25, 0.3) is 0 Å². The zero-order valence-electron chi connectivity index (χ0n) is 13.1. The Balaban J connectivity index is 1.67. The van der Waals surface area contributed by atoms with E-state index in [4.69, 9.17) is 14.7 Å². The Bertz CT molecular complexity index is 476. The number of β-amino-alcohol motifs (C(OH)–C–C–N with tert-alkyl or cyclic N) is 1. The van der Waals surface area contributed by atoms with Crippen molar-refractivity contribution in [1.29, 1.82) is 5.26 Å². The van der Waals surface area contributed by atoms with Crippen LogP contribution in [-0.4, -0.2) is 55.1 Å². The Kier molecular flexibility index (Phi) is 6.66. The number of aliphatic hydroxyl groups excluding tert-OH is 1. The van der Waals surface area contributed by atoms with Crippen LogP contribution in [0.5, 0.6) is 5.75 Å². The summed E-state index contributed by atoms with van der Waals surface area (Å²) in [6.45, 7) is 5.59. The fourth-order valence-electron chi connectivity index (χ4n) is 2.66. The average molecular weight is 304 g/mol. The molecule has 0 radical (unpaired) electrons. The maximum absolute atomic E-state index is 10.1. The first-order valence-electron chi connectivity index (χ1n) is 7.86. The third kappa shape index (κ3) is 5.30. The van der Waals surface area contributed by atoms with Gasteiger partial charge in [0.05, 0.1) is 17.7 Å². The van der Waals surface area contributed by atoms with Gasteiger partial charge in [-0.25, -0.2) is 0 Å². The quantitative estimate of drug-likeness (QED) is 0.832. The van der Waals surface area contributed by atoms with E-state index in [0.717, 1.165) is 32.5 Å². The minimum absolute atomic E-state index is 0.261. The van der Waals surface area contributed by atoms with Crippen LogP contribution in [0.15, 0.2) is 24.3 Å². The molecular weight excluding hydrogens is 280 g/mol. The van der Waals surface area contributed by atoms with Crippen molar-refractivity contribution in [2.45, 2.75) is 32.0 Å². The van der Waals surface area contributed by atoms with Gasteiger partial charge in [-0.3, -0.25) is 0 Å². The smallest absolute Gasteiger partial charge is 0.119 e. The maximum Gasteiger partial charge on any atom is 0.119 e. The van der Waals surface area contributed by atoms with E-state index in [1.165, 1.54) is 0 Å². The summed E-state index contributed by atoms with van der Waals surface area (Å²) in [6.07, 6.45) is 1.90. The molecule has 0 spiro atoms. The minimum Gasteiger partial charge on any atom is -0.491 e. The van der Waals surface area contributed by atoms with E-state index in [9.17, 15) is 5.11 Å². The monoisotopic (exact) mass is 304 g/mol. The van der Waals surface area contributed by atoms with Gasteiger partial charge in [0, 0.05) is 26.2 Å². The molecule has 0 aliphatic carbocycles. The summed E-state index contributed by atoms with van der Waals surface area (Å²) in [4.78, 5) is 2.25. The van der Waals surface area contributed by atoms with Crippen LogP contribution < -0.4 is 4.74 Å². The normalized spacial score (nSPS) is 17.9. The molecule has 120 valence electrons. The van der Waals surface area contributed by atoms with E-state index in [0.29, 0.717) is 24.0 Å². The molecular formula is C17H24N2O3. The predicted molar refractivity (Wildman–Crippen MR) is 83.7 cm³/mol. The number of ether oxygens (including phenoxy) is 2. The lowest BCUT2D eigenvalue weighted by atomic mass is 10.1. The molecule has 2 rings (SSSR count). The number of hydrogen-bond acceptors (Lipinski definition) is 5. The lowest BCUT2D eigenvalue weighted by Crippen LogP contribution is -2.42. The van der Waals surface area contributed by atoms with Crippen LogP contribution in [0, 0.1) is 11.3 Å². The maximum atomic E-state index is 10.1. The fourth-order valence-corrected chi connectivity index (χ4v) is 2.66. The molecule has 1 saturated heterocycles. The Morgan fingerprint density at radius 1 is 1.32 bits per heavy atom. The summed E-state index contributed by atoms with van der Waals surface area (Å²) in [5.74, 6) is 0.674. The Hall–Kier alpha value is -1.61. The number of hydrogen-bond donors (Lipinski definition) is 1. The van der Waals surface area contributed by atoms with E-state index >= 15 is 0 Å². The van der Waals surface area contributed by atoms with E-state index in [2.05, 4.69) is 11.0 Å². The second-order valence-corrected chi connectivity index (χ2v) is 5.56. The van der Waals surface area contributed by atoms with Crippen LogP contribution in [0.4, 0.5) is 0 Å². The number of nitriles is 1. The van der Waals surface area contributed by atoms with Crippen LogP contribution in [-0.2, 0) is 4.74 Å². The van der Waals surface area contributed by atoms with Gasteiger partial charge in [-0.15, -0.1) is 0 Å². The number of benzene rings is 1. The topological polar surface area (TPSA) is 65.7 Å². The summed E-state index contributed by atoms with van der Waals surface area (Å²) >= 11 is 0. The molecule has 22 heavy (non-hydrogen) atoms. The fraction of sp³-hybridized carbons (Fsp3) is 0.588. The van der Waals surface area contributed by atoms with E-state index < -0.39 is 6.10 Å². The van der Waals surface area contributed by atoms with Crippen LogP contribution in [0.25, 0.3) is 0 Å². The first-order valence-corrected chi connectivity index (χ1v) is 7.86. The number of nitrogens with zero attached hydrogens (tertiary/aromatic N) is 2. The van der Waals surface area contributed by atoms with Gasteiger partial charge in [0.1, 0.15) is 18.5 Å². The van der Waals surface area contributed by atoms with E-state index in [1.807, 2.05) is 6.92 Å². The molecule has 0 bridgehead atoms. The molecule has 1 unspecified atom stereocenters. The highest BCUT2D eigenvalue weighted by atomic mass is 16.5. The lowest BCUT2D eigenvalue weighted by Gasteiger charge is -2.32. The summed E-state index contributed by atoms with van der Waals surface area (Å²) in [7, 11) is 0. The molecule has 1 heterocycles. The van der Waals surface area contributed by atoms with Crippen molar-refractivity contribution in [2.75, 3.05) is 32.8 Å². The van der Waals surface area contributed by atoms with Gasteiger partial charge in [-0.1, -0.05) is 0 Å². The molecule has 0 amide bonds. The van der Waals surface area contributed by atoms with Crippen LogP contribution in [0.1, 0.15) is 25.3 Å². The highest BCUT2D eigenvalue weighted by Gasteiger charge is 2.21. The summed E-state index contributed by atoms with van der Waals surface area (Å²) in [6, 6.07) is 8.98. The van der Waals surface area contributed by atoms with Gasteiger partial charge >= 0.3 is 0 Å². The molecule has 1 aromatic carbocycles. The molecule has 1 aromatic rings. The van der Waals surface area contributed by atoms with E-state index in [-0.39, 0.29) is 6.61 Å². The summed E-state index contributed by atoms with van der Waals surface area (Å²) in [5.41, 5.74) is 0.602. The Morgan fingerprint density at radius 2 is 2.00 bits per heavy atom. The highest BCUT2D eigenvalue weighted by molar-refractivity contribution is 5.34. The largest absolute Gasteiger partial charge is 0.491 e. The van der Waals surface area contributed by atoms with Crippen molar-refractivity contribution in [3.05, 3.63) is 29.8 Å². The number of aliphatic hydroxyl groups is 1. The van der Waals surface area contributed by atoms with Crippen molar-refractivity contribution in [3.8, 4) is 11.8 Å². The van der Waals surface area contributed by atoms with Gasteiger partial charge in [-0.2, -0.15) is 5.26 Å². The predicted octanol–water partition coefficient (Wildman–Crippen LogP) is 1.80. The molecule has 1 atom stereocenters. The zero-order chi connectivity index (χ0) is 15.8. The summed E-state index contributed by atoms with van der Waals surface area (Å²) < 4.78 is 11.2. The van der Waals surface area contributed by atoms with Crippen molar-refractivity contribution in [2.24, 2.45) is 0 Å². The van der Waals surface area contributed by atoms with Gasteiger partial charge in [0.15, 0.2) is 0 Å². The standard InChI is InChI=1S/C17H24N2O3/c1-2-21-17-7-9-19(10-8-17)12-15(20)13-22-16-5-3-14(11-18)4-6-16/h3-6,15,17,20H,2,7-10,12-13H2,1H3. The van der Waals surface area contributed by atoms with E-state index in [1.54, 1.807) is 24.3 Å². The van der Waals surface area contributed by atoms with Crippen molar-refractivity contribution in [1.82, 2.24) is 4.90 Å². The molecule has 1 fully saturated rings. The van der Waals surface area contributed by atoms with Crippen LogP contribution >= 0.6 is 0 Å². The molecule has 0 aromatic heterocycles. The average Bonchev–Trinajstić information content (AvgIpc) is 2.55. The van der Waals surface area contributed by atoms with Gasteiger partial charge < -0.3 is 19.5 Å². The van der Waals surface area contributed by atoms with Gasteiger partial charge in [-0.05, 0) is 44.0 Å². The second kappa shape index (κ2) is 8.74. The number of likely N-dealkylation sites (tertiary alicyclic amines) is 1. The van der Waals surface area contributed by atoms with Crippen LogP contribution in [0.2, 0.25) is 0 Å². The molecule has 5 heteroatoms. The molecule has 0 saturated carbocycles. The third-order valence-electron chi connectivity index (χ3n) is 3.83. The SMILES string of the molecule is CCOC1CCN(CC(O)COc2ccc(C#N)cc2)CC1. The van der Waals surface area contributed by atoms with Crippen molar-refractivity contribution in [3.63, 3.8) is 0 Å². The Morgan fingerprint density at radius 3 is 2.59 bits per heavy atom. The summed E-state index contributed by atoms with van der Waals surface area (Å²) in [5, 5.41) is 18.8. The first-order chi connectivity index (χ1) is 10.7. The van der Waals surface area contributed by atoms with Crippen molar-refractivity contribution < 1.29 is 14.6 Å². The molecule has 5 nitrogen and oxygen atoms in total. The van der Waals surface area contributed by atoms with Crippen molar-refractivity contribution >= 4 is 0 Å². The highest BCUT2D eigenvalue weighted by Crippen LogP contribution is 2.15. The van der Waals surface area contributed by atoms with Gasteiger partial charge in [0.2, 0.25) is 0 Å². The second-order valence-electron chi connectivity index (χ2n) is 5.56. The number of rotatable bonds is 7. The van der Waals surface area contributed by atoms with Crippen LogP contribution in [0.3, 0.4) is 0 Å². The zero-order valence-corrected chi connectivity index (χ0v) is 13.1. The number of piperidine rings is 1. The molecule has 1 N–H and O–H groups in total. The molecule has 1 aliphatic rings. The minimum atomic E-state index is -0.515. The Labute approximate surface area is 132 Å². The molecule has 1 aliphatic heterocycles. The third-order valence-corrected chi connectivity index (χ3v) is 3.83. The lowest BCUT2D eigenvalue weighted by molar-refractivity contribution is -0.00185.